The van der Waals surface area contributed by atoms with Gasteiger partial charge in [-0.25, -0.2) is 10.8 Å². The van der Waals surface area contributed by atoms with Crippen LogP contribution in [0.1, 0.15) is 20.8 Å². The van der Waals surface area contributed by atoms with E-state index in [0.717, 1.165) is 0 Å². The maximum Gasteiger partial charge on any atom is 0.203 e. The largest absolute Gasteiger partial charge is 0.388 e. The third-order valence-corrected chi connectivity index (χ3v) is 1.96. The van der Waals surface area contributed by atoms with Crippen molar-refractivity contribution < 1.29 is 5.11 Å². The summed E-state index contributed by atoms with van der Waals surface area (Å²) in [5.41, 5.74) is 6.64. The Morgan fingerprint density at radius 1 is 1.67 bits per heavy atom. The van der Waals surface area contributed by atoms with Crippen LogP contribution in [0.25, 0.3) is 0 Å². The number of nitrogens with two attached hydrogens (primary N) is 2. The van der Waals surface area contributed by atoms with Gasteiger partial charge in [-0.1, -0.05) is 13.8 Å². The third kappa shape index (κ3) is 3.54. The summed E-state index contributed by atoms with van der Waals surface area (Å²) >= 11 is 0. The molecule has 0 aromatic carbocycles. The molecule has 0 radical (unpaired) electrons. The molecule has 5 nitrogen and oxygen atoms in total. The maximum atomic E-state index is 9.70. The predicted molar refractivity (Wildman–Crippen MR) is 49.3 cm³/mol. The van der Waals surface area contributed by atoms with Gasteiger partial charge >= 0.3 is 0 Å². The number of nitrogens with one attached hydrogen (secondary N) is 1. The first-order chi connectivity index (χ1) is 5.40. The number of rotatable bonds is 3. The van der Waals surface area contributed by atoms with E-state index in [1.807, 2.05) is 13.8 Å². The Labute approximate surface area is 72.8 Å². The van der Waals surface area contributed by atoms with Crippen LogP contribution in [0.3, 0.4) is 0 Å². The molecule has 0 aromatic heterocycles. The minimum Gasteiger partial charge on any atom is -0.388 e. The Kier molecular flexibility index (Phi) is 3.99. The molecule has 0 fully saturated rings. The molecule has 0 aromatic rings. The molecule has 1 unspecified atom stereocenters. The molecular weight excluding hydrogens is 156 g/mol. The van der Waals surface area contributed by atoms with E-state index >= 15 is 0 Å². The van der Waals surface area contributed by atoms with Gasteiger partial charge in [-0.2, -0.15) is 0 Å². The molecule has 1 atom stereocenters. The van der Waals surface area contributed by atoms with Crippen molar-refractivity contribution in [3.05, 3.63) is 0 Å². The molecule has 0 aliphatic heterocycles. The molecule has 6 N–H and O–H groups in total. The van der Waals surface area contributed by atoms with Crippen molar-refractivity contribution in [2.75, 3.05) is 6.54 Å². The molecule has 12 heavy (non-hydrogen) atoms. The van der Waals surface area contributed by atoms with Crippen molar-refractivity contribution in [3.8, 4) is 0 Å². The van der Waals surface area contributed by atoms with Gasteiger partial charge in [0.2, 0.25) is 5.96 Å². The van der Waals surface area contributed by atoms with Gasteiger partial charge in [0.15, 0.2) is 0 Å². The minimum absolute atomic E-state index is 0.131. The highest BCUT2D eigenvalue weighted by atomic mass is 16.3. The molecule has 5 heteroatoms. The molecule has 72 valence electrons. The molecule has 0 amide bonds. The Morgan fingerprint density at radius 3 is 2.50 bits per heavy atom. The number of nitrogens with zero attached hydrogens (tertiary/aromatic N) is 1. The summed E-state index contributed by atoms with van der Waals surface area (Å²) in [6.07, 6.45) is 0. The fraction of sp³-hybridized carbons (Fsp3) is 0.857. The monoisotopic (exact) mass is 174 g/mol. The maximum absolute atomic E-state index is 9.70. The predicted octanol–water partition coefficient (Wildman–Crippen LogP) is -0.829. The lowest BCUT2D eigenvalue weighted by molar-refractivity contribution is 0.0229. The van der Waals surface area contributed by atoms with Crippen molar-refractivity contribution in [1.82, 2.24) is 5.43 Å². The van der Waals surface area contributed by atoms with E-state index in [1.165, 1.54) is 0 Å². The second-order valence-electron chi connectivity index (χ2n) is 3.36. The Morgan fingerprint density at radius 2 is 2.17 bits per heavy atom. The average molecular weight is 174 g/mol. The third-order valence-electron chi connectivity index (χ3n) is 1.96. The van der Waals surface area contributed by atoms with Crippen LogP contribution in [0.4, 0.5) is 0 Å². The number of hydrogen-bond donors (Lipinski definition) is 4. The molecule has 0 saturated heterocycles. The zero-order valence-corrected chi connectivity index (χ0v) is 7.83. The number of guanidine groups is 1. The number of hydrogen-bond acceptors (Lipinski definition) is 3. The van der Waals surface area contributed by atoms with Crippen molar-refractivity contribution in [2.45, 2.75) is 26.4 Å². The summed E-state index contributed by atoms with van der Waals surface area (Å²) in [5, 5.41) is 9.70. The quantitative estimate of drug-likeness (QED) is 0.194. The minimum atomic E-state index is -0.832. The van der Waals surface area contributed by atoms with Crippen molar-refractivity contribution in [3.63, 3.8) is 0 Å². The summed E-state index contributed by atoms with van der Waals surface area (Å²) in [4.78, 5) is 3.84. The van der Waals surface area contributed by atoms with Crippen LogP contribution in [0.15, 0.2) is 4.99 Å². The van der Waals surface area contributed by atoms with Gasteiger partial charge < -0.3 is 10.8 Å². The fourth-order valence-electron chi connectivity index (χ4n) is 0.473. The lowest BCUT2D eigenvalue weighted by Crippen LogP contribution is -2.40. The number of aliphatic hydroxyl groups is 1. The Balaban J connectivity index is 4.08. The lowest BCUT2D eigenvalue weighted by atomic mass is 9.93. The molecule has 0 spiro atoms. The molecule has 0 bridgehead atoms. The Hall–Kier alpha value is -0.810. The van der Waals surface area contributed by atoms with Crippen LogP contribution in [0.2, 0.25) is 0 Å². The molecule has 0 aliphatic rings. The zero-order chi connectivity index (χ0) is 9.78. The van der Waals surface area contributed by atoms with Crippen molar-refractivity contribution in [1.29, 1.82) is 0 Å². The fourth-order valence-corrected chi connectivity index (χ4v) is 0.473. The summed E-state index contributed by atoms with van der Waals surface area (Å²) < 4.78 is 0. The van der Waals surface area contributed by atoms with Crippen molar-refractivity contribution >= 4 is 5.96 Å². The standard InChI is InChI=1S/C7H18N4O/c1-5(2)7(3,12)4-10-6(8)11-9/h5,12H,4,9H2,1-3H3,(H3,8,10,11). The average Bonchev–Trinajstić information content (AvgIpc) is 2.00. The smallest absolute Gasteiger partial charge is 0.203 e. The van der Waals surface area contributed by atoms with Gasteiger partial charge in [0.25, 0.3) is 0 Å². The summed E-state index contributed by atoms with van der Waals surface area (Å²) in [6, 6.07) is 0. The van der Waals surface area contributed by atoms with E-state index in [2.05, 4.69) is 10.4 Å². The first kappa shape index (κ1) is 11.2. The van der Waals surface area contributed by atoms with E-state index in [0.29, 0.717) is 0 Å². The van der Waals surface area contributed by atoms with Gasteiger partial charge in [-0.15, -0.1) is 0 Å². The van der Waals surface area contributed by atoms with E-state index in [1.54, 1.807) is 6.92 Å². The highest BCUT2D eigenvalue weighted by Gasteiger charge is 2.24. The highest BCUT2D eigenvalue weighted by Crippen LogP contribution is 2.15. The summed E-state index contributed by atoms with van der Waals surface area (Å²) in [7, 11) is 0. The van der Waals surface area contributed by atoms with Gasteiger partial charge in [-0.3, -0.25) is 5.43 Å². The van der Waals surface area contributed by atoms with E-state index in [4.69, 9.17) is 11.6 Å². The van der Waals surface area contributed by atoms with Crippen LogP contribution in [-0.4, -0.2) is 23.2 Å². The van der Waals surface area contributed by atoms with Crippen molar-refractivity contribution in [2.24, 2.45) is 22.5 Å². The van der Waals surface area contributed by atoms with Crippen LogP contribution in [0.5, 0.6) is 0 Å². The normalized spacial score (nSPS) is 17.7. The summed E-state index contributed by atoms with van der Waals surface area (Å²) in [6.45, 7) is 5.80. The zero-order valence-electron chi connectivity index (χ0n) is 7.83. The molecule has 0 aliphatic carbocycles. The molecule has 0 heterocycles. The Bertz CT molecular complexity index is 165. The van der Waals surface area contributed by atoms with Gasteiger partial charge in [0.05, 0.1) is 12.1 Å². The number of aliphatic imine (C=N–C) groups is 1. The van der Waals surface area contributed by atoms with Gasteiger partial charge in [0, 0.05) is 0 Å². The summed E-state index contributed by atoms with van der Waals surface area (Å²) in [5.74, 6) is 5.26. The highest BCUT2D eigenvalue weighted by molar-refractivity contribution is 5.77. The van der Waals surface area contributed by atoms with E-state index < -0.39 is 5.60 Å². The van der Waals surface area contributed by atoms with Crippen LogP contribution < -0.4 is 17.0 Å². The first-order valence-electron chi connectivity index (χ1n) is 3.89. The van der Waals surface area contributed by atoms with Crippen LogP contribution in [-0.2, 0) is 0 Å². The number of hydrazine groups is 1. The van der Waals surface area contributed by atoms with Gasteiger partial charge in [0.1, 0.15) is 0 Å². The van der Waals surface area contributed by atoms with Crippen LogP contribution in [0, 0.1) is 5.92 Å². The molecular formula is C7H18N4O. The molecule has 0 saturated carbocycles. The molecule has 0 rings (SSSR count). The van der Waals surface area contributed by atoms with Gasteiger partial charge in [-0.05, 0) is 12.8 Å². The first-order valence-corrected chi connectivity index (χ1v) is 3.89. The van der Waals surface area contributed by atoms with Crippen LogP contribution >= 0.6 is 0 Å². The second kappa shape index (κ2) is 4.27. The lowest BCUT2D eigenvalue weighted by Gasteiger charge is -2.25. The second-order valence-corrected chi connectivity index (χ2v) is 3.36. The SMILES string of the molecule is CC(C)C(C)(O)CN=C(N)NN. The van der Waals surface area contributed by atoms with E-state index in [-0.39, 0.29) is 18.4 Å². The van der Waals surface area contributed by atoms with E-state index in [9.17, 15) is 5.11 Å². The topological polar surface area (TPSA) is 96.7 Å².